The Morgan fingerprint density at radius 3 is 2.55 bits per heavy atom. The number of fused-ring (bicyclic) bond motifs is 1. The zero-order valence-corrected chi connectivity index (χ0v) is 11.9. The summed E-state index contributed by atoms with van der Waals surface area (Å²) in [7, 11) is 0. The van der Waals surface area contributed by atoms with Crippen LogP contribution in [0.5, 0.6) is 0 Å². The van der Waals surface area contributed by atoms with Gasteiger partial charge >= 0.3 is 0 Å². The van der Waals surface area contributed by atoms with Crippen molar-refractivity contribution in [3.05, 3.63) is 66.1 Å². The highest BCUT2D eigenvalue weighted by Gasteiger charge is 2.11. The molecule has 1 atom stereocenters. The molecule has 0 saturated carbocycles. The summed E-state index contributed by atoms with van der Waals surface area (Å²) in [5, 5.41) is 0.0447. The predicted molar refractivity (Wildman–Crippen MR) is 82.1 cm³/mol. The SMILES string of the molecule is ClC(CCc1ccccc1)Cc1nc2ccccc2o1. The van der Waals surface area contributed by atoms with Crippen LogP contribution in [-0.4, -0.2) is 10.4 Å². The molecule has 0 fully saturated rings. The van der Waals surface area contributed by atoms with Gasteiger partial charge in [-0.05, 0) is 30.5 Å². The number of rotatable bonds is 5. The Balaban J connectivity index is 1.59. The van der Waals surface area contributed by atoms with Crippen LogP contribution in [-0.2, 0) is 12.8 Å². The molecule has 0 N–H and O–H groups in total. The predicted octanol–water partition coefficient (Wildman–Crippen LogP) is 4.61. The van der Waals surface area contributed by atoms with E-state index < -0.39 is 0 Å². The van der Waals surface area contributed by atoms with Crippen molar-refractivity contribution in [3.8, 4) is 0 Å². The first-order valence-electron chi connectivity index (χ1n) is 6.84. The molecule has 3 aromatic rings. The number of hydrogen-bond donors (Lipinski definition) is 0. The van der Waals surface area contributed by atoms with Gasteiger partial charge in [-0.2, -0.15) is 0 Å². The molecule has 0 amide bonds. The molecule has 3 heteroatoms. The molecule has 0 radical (unpaired) electrons. The summed E-state index contributed by atoms with van der Waals surface area (Å²) < 4.78 is 5.70. The maximum Gasteiger partial charge on any atom is 0.196 e. The lowest BCUT2D eigenvalue weighted by molar-refractivity contribution is 0.516. The van der Waals surface area contributed by atoms with E-state index >= 15 is 0 Å². The molecule has 102 valence electrons. The molecule has 0 aliphatic heterocycles. The van der Waals surface area contributed by atoms with Crippen LogP contribution in [0.25, 0.3) is 11.1 Å². The van der Waals surface area contributed by atoms with Gasteiger partial charge in [-0.15, -0.1) is 11.6 Å². The van der Waals surface area contributed by atoms with Gasteiger partial charge in [0, 0.05) is 11.8 Å². The Morgan fingerprint density at radius 2 is 1.75 bits per heavy atom. The monoisotopic (exact) mass is 285 g/mol. The van der Waals surface area contributed by atoms with Crippen LogP contribution in [0.1, 0.15) is 17.9 Å². The topological polar surface area (TPSA) is 26.0 Å². The summed E-state index contributed by atoms with van der Waals surface area (Å²) >= 11 is 6.39. The number of hydrogen-bond acceptors (Lipinski definition) is 2. The van der Waals surface area contributed by atoms with Crippen LogP contribution in [0, 0.1) is 0 Å². The minimum Gasteiger partial charge on any atom is -0.441 e. The van der Waals surface area contributed by atoms with Gasteiger partial charge in [-0.3, -0.25) is 0 Å². The van der Waals surface area contributed by atoms with Crippen molar-refractivity contribution in [2.75, 3.05) is 0 Å². The first-order chi connectivity index (χ1) is 9.81. The Bertz CT molecular complexity index is 645. The molecule has 0 spiro atoms. The third kappa shape index (κ3) is 3.20. The quantitative estimate of drug-likeness (QED) is 0.640. The van der Waals surface area contributed by atoms with Crippen molar-refractivity contribution in [2.45, 2.75) is 24.6 Å². The van der Waals surface area contributed by atoms with Gasteiger partial charge in [0.05, 0.1) is 0 Å². The van der Waals surface area contributed by atoms with Crippen molar-refractivity contribution in [1.82, 2.24) is 4.98 Å². The van der Waals surface area contributed by atoms with Crippen LogP contribution < -0.4 is 0 Å². The lowest BCUT2D eigenvalue weighted by Crippen LogP contribution is -2.05. The lowest BCUT2D eigenvalue weighted by Gasteiger charge is -2.06. The Hall–Kier alpha value is -1.80. The standard InChI is InChI=1S/C17H16ClNO/c18-14(11-10-13-6-2-1-3-7-13)12-17-19-15-8-4-5-9-16(15)20-17/h1-9,14H,10-12H2. The molecule has 0 bridgehead atoms. The van der Waals surface area contributed by atoms with Crippen molar-refractivity contribution in [1.29, 1.82) is 0 Å². The van der Waals surface area contributed by atoms with E-state index in [1.54, 1.807) is 0 Å². The summed E-state index contributed by atoms with van der Waals surface area (Å²) in [4.78, 5) is 4.46. The van der Waals surface area contributed by atoms with Crippen LogP contribution >= 0.6 is 11.6 Å². The van der Waals surface area contributed by atoms with E-state index in [2.05, 4.69) is 29.2 Å². The molecule has 0 saturated heterocycles. The first kappa shape index (κ1) is 13.2. The van der Waals surface area contributed by atoms with Crippen LogP contribution in [0.3, 0.4) is 0 Å². The zero-order valence-electron chi connectivity index (χ0n) is 11.1. The van der Waals surface area contributed by atoms with Crippen molar-refractivity contribution in [3.63, 3.8) is 0 Å². The van der Waals surface area contributed by atoms with Gasteiger partial charge in [-0.1, -0.05) is 42.5 Å². The summed E-state index contributed by atoms with van der Waals surface area (Å²) in [6.07, 6.45) is 2.57. The first-order valence-corrected chi connectivity index (χ1v) is 7.27. The van der Waals surface area contributed by atoms with Crippen LogP contribution in [0.4, 0.5) is 0 Å². The number of aryl methyl sites for hydroxylation is 1. The highest BCUT2D eigenvalue weighted by atomic mass is 35.5. The second-order valence-electron chi connectivity index (χ2n) is 4.90. The summed E-state index contributed by atoms with van der Waals surface area (Å²) in [5.41, 5.74) is 3.04. The maximum absolute atomic E-state index is 6.39. The molecule has 1 unspecified atom stereocenters. The molecule has 2 aromatic carbocycles. The smallest absolute Gasteiger partial charge is 0.196 e. The van der Waals surface area contributed by atoms with Crippen LogP contribution in [0.15, 0.2) is 59.0 Å². The number of oxazole rings is 1. The minimum absolute atomic E-state index is 0.0447. The van der Waals surface area contributed by atoms with Crippen molar-refractivity contribution >= 4 is 22.7 Å². The zero-order chi connectivity index (χ0) is 13.8. The molecule has 1 aromatic heterocycles. The highest BCUT2D eigenvalue weighted by Crippen LogP contribution is 2.19. The van der Waals surface area contributed by atoms with E-state index in [0.717, 1.165) is 29.8 Å². The summed E-state index contributed by atoms with van der Waals surface area (Å²) in [5.74, 6) is 0.722. The van der Waals surface area contributed by atoms with Gasteiger partial charge in [0.2, 0.25) is 0 Å². The highest BCUT2D eigenvalue weighted by molar-refractivity contribution is 6.20. The van der Waals surface area contributed by atoms with Crippen molar-refractivity contribution in [2.24, 2.45) is 0 Å². The minimum atomic E-state index is 0.0447. The fraction of sp³-hybridized carbons (Fsp3) is 0.235. The molecule has 3 rings (SSSR count). The number of aromatic nitrogens is 1. The Kier molecular flexibility index (Phi) is 4.03. The summed E-state index contributed by atoms with van der Waals surface area (Å²) in [6, 6.07) is 18.2. The normalized spacial score (nSPS) is 12.7. The van der Waals surface area contributed by atoms with E-state index in [9.17, 15) is 0 Å². The van der Waals surface area contributed by atoms with Crippen molar-refractivity contribution < 1.29 is 4.42 Å². The fourth-order valence-electron chi connectivity index (χ4n) is 2.27. The second kappa shape index (κ2) is 6.10. The Labute approximate surface area is 123 Å². The van der Waals surface area contributed by atoms with E-state index in [1.807, 2.05) is 30.3 Å². The largest absolute Gasteiger partial charge is 0.441 e. The second-order valence-corrected chi connectivity index (χ2v) is 5.52. The molecule has 0 aliphatic rings. The molecule has 0 aliphatic carbocycles. The fourth-order valence-corrected chi connectivity index (χ4v) is 2.51. The molecule has 2 nitrogen and oxygen atoms in total. The number of alkyl halides is 1. The van der Waals surface area contributed by atoms with E-state index in [1.165, 1.54) is 5.56 Å². The van der Waals surface area contributed by atoms with Crippen LogP contribution in [0.2, 0.25) is 0 Å². The van der Waals surface area contributed by atoms with Gasteiger partial charge in [0.25, 0.3) is 0 Å². The third-order valence-corrected chi connectivity index (χ3v) is 3.70. The molecular formula is C17H16ClNO. The van der Waals surface area contributed by atoms with Gasteiger partial charge in [0.1, 0.15) is 5.52 Å². The average Bonchev–Trinajstić information content (AvgIpc) is 2.88. The number of benzene rings is 2. The third-order valence-electron chi connectivity index (χ3n) is 3.32. The van der Waals surface area contributed by atoms with E-state index in [0.29, 0.717) is 6.42 Å². The number of halogens is 1. The summed E-state index contributed by atoms with van der Waals surface area (Å²) in [6.45, 7) is 0. The number of para-hydroxylation sites is 2. The Morgan fingerprint density at radius 1 is 1.00 bits per heavy atom. The maximum atomic E-state index is 6.39. The number of nitrogens with zero attached hydrogens (tertiary/aromatic N) is 1. The van der Waals surface area contributed by atoms with Gasteiger partial charge in [0.15, 0.2) is 11.5 Å². The van der Waals surface area contributed by atoms with E-state index in [-0.39, 0.29) is 5.38 Å². The molecule has 20 heavy (non-hydrogen) atoms. The average molecular weight is 286 g/mol. The van der Waals surface area contributed by atoms with E-state index in [4.69, 9.17) is 16.0 Å². The molecular weight excluding hydrogens is 270 g/mol. The van der Waals surface area contributed by atoms with Gasteiger partial charge < -0.3 is 4.42 Å². The molecule has 1 heterocycles. The van der Waals surface area contributed by atoms with Gasteiger partial charge in [-0.25, -0.2) is 4.98 Å². The lowest BCUT2D eigenvalue weighted by atomic mass is 10.1.